The highest BCUT2D eigenvalue weighted by atomic mass is 31.2. The number of aliphatic hydroxyl groups excluding tert-OH is 2. The Morgan fingerprint density at radius 3 is 0.653 bits per heavy atom. The highest BCUT2D eigenvalue weighted by Gasteiger charge is 2.30. The fourth-order valence-corrected chi connectivity index (χ4v) is 14.5. The van der Waals surface area contributed by atoms with E-state index in [1.165, 1.54) is 161 Å². The van der Waals surface area contributed by atoms with E-state index in [-0.39, 0.29) is 19.3 Å². The van der Waals surface area contributed by atoms with Crippen LogP contribution >= 0.6 is 15.6 Å². The molecule has 16 nitrogen and oxygen atoms in total. The largest absolute Gasteiger partial charge is 0.472 e. The van der Waals surface area contributed by atoms with Crippen molar-refractivity contribution in [3.63, 3.8) is 0 Å². The van der Waals surface area contributed by atoms with Gasteiger partial charge in [0, 0.05) is 19.3 Å². The van der Waals surface area contributed by atoms with Crippen molar-refractivity contribution >= 4 is 33.6 Å². The van der Waals surface area contributed by atoms with Gasteiger partial charge in [0.25, 0.3) is 0 Å². The lowest BCUT2D eigenvalue weighted by Gasteiger charge is -2.21. The first-order valence-corrected chi connectivity index (χ1v) is 51.1. The van der Waals surface area contributed by atoms with Crippen LogP contribution in [0.1, 0.15) is 393 Å². The molecule has 0 spiro atoms. The Hall–Kier alpha value is -5.35. The zero-order chi connectivity index (χ0) is 87.9. The summed E-state index contributed by atoms with van der Waals surface area (Å²) in [6.07, 6.45) is 124. The van der Waals surface area contributed by atoms with Crippen LogP contribution in [0.3, 0.4) is 0 Å². The third-order valence-electron chi connectivity index (χ3n) is 20.1. The molecule has 0 aromatic carbocycles. The van der Waals surface area contributed by atoms with Crippen molar-refractivity contribution < 1.29 is 75.8 Å². The van der Waals surface area contributed by atoms with Gasteiger partial charge < -0.3 is 34.2 Å². The third-order valence-corrected chi connectivity index (χ3v) is 22.0. The van der Waals surface area contributed by atoms with E-state index >= 15 is 0 Å². The summed E-state index contributed by atoms with van der Waals surface area (Å²) in [6, 6.07) is 0. The van der Waals surface area contributed by atoms with Crippen molar-refractivity contribution in [2.45, 2.75) is 411 Å². The van der Waals surface area contributed by atoms with Gasteiger partial charge >= 0.3 is 33.6 Å². The van der Waals surface area contributed by atoms with Crippen molar-refractivity contribution in [3.8, 4) is 0 Å². The summed E-state index contributed by atoms with van der Waals surface area (Å²) in [6.45, 7) is 2.37. The molecule has 0 aliphatic heterocycles. The predicted octanol–water partition coefficient (Wildman–Crippen LogP) is 30.0. The summed E-state index contributed by atoms with van der Waals surface area (Å²) < 4.78 is 61.5. The highest BCUT2D eigenvalue weighted by Crippen LogP contribution is 2.45. The molecule has 5 unspecified atom stereocenters. The predicted molar refractivity (Wildman–Crippen MR) is 509 cm³/mol. The molecule has 692 valence electrons. The Kier molecular flexibility index (Phi) is 89.6. The summed E-state index contributed by atoms with van der Waals surface area (Å²) in [5, 5.41) is 20.8. The lowest BCUT2D eigenvalue weighted by Crippen LogP contribution is -2.30. The van der Waals surface area contributed by atoms with Crippen LogP contribution in [0.5, 0.6) is 0 Å². The van der Waals surface area contributed by atoms with Gasteiger partial charge in [-0.1, -0.05) is 402 Å². The number of esters is 3. The van der Waals surface area contributed by atoms with Crippen LogP contribution in [0, 0.1) is 0 Å². The number of unbranched alkanes of at least 4 members (excludes halogenated alkanes) is 37. The molecule has 0 fully saturated rings. The van der Waals surface area contributed by atoms with E-state index in [2.05, 4.69) is 203 Å². The van der Waals surface area contributed by atoms with E-state index in [1.54, 1.807) is 0 Å². The van der Waals surface area contributed by atoms with E-state index < -0.39 is 91.5 Å². The number of allylic oxidation sites excluding steroid dienone is 30. The maximum absolute atomic E-state index is 13.1. The molecule has 0 rings (SSSR count). The SMILES string of the molecule is CC/C=C\C/C=C\C/C=C\C/C=C\C/C=C\C/C=C\CCCCCCCCCCCCCCCCCCC(=O)OCC(O)COP(=O)(O)OCC(O)COP(=O)(O)OCC(COC(=O)CCCCCCCCCCCCCCCCC/C=C\C/C=C\C/C=C\C/C=C\C/C=C\CC)OC(=O)CCCCCCCC/C=C\C/C=C\C/C=C\C/C=C\CC. The zero-order valence-electron chi connectivity index (χ0n) is 76.4. The Morgan fingerprint density at radius 1 is 0.231 bits per heavy atom. The number of phosphoric ester groups is 2. The normalized spacial score (nSPS) is 14.5. The Labute approximate surface area is 738 Å². The van der Waals surface area contributed by atoms with E-state index in [0.717, 1.165) is 173 Å². The standard InChI is InChI=1S/C103H174O16P2/c1-4-7-10-13-16-19-22-25-28-31-34-36-38-40-42-44-46-47-48-49-51-53-54-56-58-60-63-65-68-71-74-77-80-83-86-89-101(106)113-92-98(104)93-115-120(109,110)116-94-99(105)95-117-121(111,112)118-97-100(119-103(108)91-88-85-82-79-76-73-70-67-62-33-30-27-24-21-18-15-12-9-6-3)96-114-102(107)90-87-84-81-78-75-72-69-66-64-61-59-57-55-52-50-45-43-41-39-37-35-32-29-26-23-20-17-14-11-8-5-2/h7-12,16-21,25-30,34-37,40-43,46-47,62,67,98-100,104-105H,4-6,13-15,22-24,31-33,38-39,44-45,48-61,63-66,68-97H2,1-3H3,(H,109,110)(H,111,112)/b10-7-,11-8-,12-9-,19-16-,20-17-,21-18-,28-25-,29-26-,30-27-,36-34-,37-35-,42-40-,43-41-,47-46-,67-62-. The van der Waals surface area contributed by atoms with E-state index in [0.29, 0.717) is 19.3 Å². The maximum Gasteiger partial charge on any atom is 0.472 e. The van der Waals surface area contributed by atoms with Gasteiger partial charge in [0.15, 0.2) is 6.10 Å². The number of carbonyl (C=O) groups excluding carboxylic acids is 3. The van der Waals surface area contributed by atoms with Gasteiger partial charge in [-0.15, -0.1) is 0 Å². The fraction of sp³-hybridized carbons (Fsp3) is 0.680. The van der Waals surface area contributed by atoms with Crippen LogP contribution in [-0.4, -0.2) is 95.9 Å². The molecule has 4 N–H and O–H groups in total. The highest BCUT2D eigenvalue weighted by molar-refractivity contribution is 7.47. The van der Waals surface area contributed by atoms with Gasteiger partial charge in [-0.3, -0.25) is 32.5 Å². The number of carbonyl (C=O) groups is 3. The number of ether oxygens (including phenoxy) is 3. The first-order chi connectivity index (χ1) is 59.2. The number of aliphatic hydroxyl groups is 2. The Balaban J connectivity index is 4.51. The molecule has 0 amide bonds. The van der Waals surface area contributed by atoms with Crippen LogP contribution in [0.15, 0.2) is 182 Å². The molecule has 0 saturated heterocycles. The van der Waals surface area contributed by atoms with Gasteiger partial charge in [-0.05, 0) is 154 Å². The smallest absolute Gasteiger partial charge is 0.463 e. The fourth-order valence-electron chi connectivity index (χ4n) is 12.9. The monoisotopic (exact) mass is 1730 g/mol. The van der Waals surface area contributed by atoms with Gasteiger partial charge in [-0.25, -0.2) is 9.13 Å². The van der Waals surface area contributed by atoms with Crippen molar-refractivity contribution in [1.82, 2.24) is 0 Å². The summed E-state index contributed by atoms with van der Waals surface area (Å²) in [4.78, 5) is 59.0. The minimum atomic E-state index is -4.95. The van der Waals surface area contributed by atoms with Crippen LogP contribution in [-0.2, 0) is 55.8 Å². The van der Waals surface area contributed by atoms with Crippen molar-refractivity contribution in [3.05, 3.63) is 182 Å². The lowest BCUT2D eigenvalue weighted by molar-refractivity contribution is -0.161. The van der Waals surface area contributed by atoms with E-state index in [1.807, 2.05) is 0 Å². The number of hydrogen-bond donors (Lipinski definition) is 4. The molecule has 0 aliphatic rings. The summed E-state index contributed by atoms with van der Waals surface area (Å²) >= 11 is 0. The van der Waals surface area contributed by atoms with Gasteiger partial charge in [0.2, 0.25) is 0 Å². The minimum absolute atomic E-state index is 0.0852. The average molecular weight is 1730 g/mol. The van der Waals surface area contributed by atoms with Crippen LogP contribution in [0.2, 0.25) is 0 Å². The molecule has 0 bridgehead atoms. The molecule has 0 saturated carbocycles. The molecule has 18 heteroatoms. The van der Waals surface area contributed by atoms with Crippen LogP contribution in [0.25, 0.3) is 0 Å². The Bertz CT molecular complexity index is 2930. The lowest BCUT2D eigenvalue weighted by atomic mass is 10.0. The van der Waals surface area contributed by atoms with Crippen molar-refractivity contribution in [1.29, 1.82) is 0 Å². The first-order valence-electron chi connectivity index (χ1n) is 48.1. The molecule has 0 aromatic heterocycles. The summed E-state index contributed by atoms with van der Waals surface area (Å²) in [7, 11) is -9.82. The number of phosphoric acid groups is 2. The number of hydrogen-bond acceptors (Lipinski definition) is 14. The van der Waals surface area contributed by atoms with E-state index in [4.69, 9.17) is 32.3 Å². The van der Waals surface area contributed by atoms with E-state index in [9.17, 15) is 43.5 Å². The van der Waals surface area contributed by atoms with Crippen molar-refractivity contribution in [2.24, 2.45) is 0 Å². The maximum atomic E-state index is 13.1. The van der Waals surface area contributed by atoms with Gasteiger partial charge in [0.1, 0.15) is 25.4 Å². The molecule has 0 radical (unpaired) electrons. The third kappa shape index (κ3) is 95.2. The molecule has 5 atom stereocenters. The molecular weight excluding hydrogens is 1560 g/mol. The van der Waals surface area contributed by atoms with Crippen molar-refractivity contribution in [2.75, 3.05) is 39.6 Å². The Morgan fingerprint density at radius 2 is 0.413 bits per heavy atom. The second-order valence-electron chi connectivity index (χ2n) is 31.7. The zero-order valence-corrected chi connectivity index (χ0v) is 78.2. The van der Waals surface area contributed by atoms with Crippen LogP contribution < -0.4 is 0 Å². The molecule has 121 heavy (non-hydrogen) atoms. The molecule has 0 heterocycles. The first kappa shape index (κ1) is 116. The molecule has 0 aromatic rings. The average Bonchev–Trinajstić information content (AvgIpc) is 0.895. The van der Waals surface area contributed by atoms with Gasteiger partial charge in [-0.2, -0.15) is 0 Å². The topological polar surface area (TPSA) is 231 Å². The van der Waals surface area contributed by atoms with Gasteiger partial charge in [0.05, 0.1) is 26.4 Å². The molecular formula is C103H174O16P2. The van der Waals surface area contributed by atoms with Crippen LogP contribution in [0.4, 0.5) is 0 Å². The minimum Gasteiger partial charge on any atom is -0.463 e. The second-order valence-corrected chi connectivity index (χ2v) is 34.6. The summed E-state index contributed by atoms with van der Waals surface area (Å²) in [5.41, 5.74) is 0. The second kappa shape index (κ2) is 93.8. The summed E-state index contributed by atoms with van der Waals surface area (Å²) in [5.74, 6) is -1.58. The quantitative estimate of drug-likeness (QED) is 0.0146. The molecule has 0 aliphatic carbocycles. The number of rotatable bonds is 90.